The number of hydrogen-bond donors (Lipinski definition) is 1. The molecular formula is C15H17N3O2. The first-order valence-electron chi connectivity index (χ1n) is 6.34. The fourth-order valence-corrected chi connectivity index (χ4v) is 1.64. The maximum atomic E-state index is 5.51. The minimum atomic E-state index is 0.586. The number of rotatable bonds is 6. The predicted octanol–water partition coefficient (Wildman–Crippen LogP) is 2.93. The van der Waals surface area contributed by atoms with E-state index in [9.17, 15) is 0 Å². The summed E-state index contributed by atoms with van der Waals surface area (Å²) < 4.78 is 10.7. The molecule has 104 valence electrons. The first-order valence-corrected chi connectivity index (χ1v) is 6.34. The molecule has 2 aromatic rings. The van der Waals surface area contributed by atoms with Crippen LogP contribution < -0.4 is 14.9 Å². The van der Waals surface area contributed by atoms with Crippen molar-refractivity contribution >= 4 is 12.0 Å². The Hall–Kier alpha value is -2.56. The number of aromatic nitrogens is 1. The van der Waals surface area contributed by atoms with Crippen LogP contribution in [0.2, 0.25) is 0 Å². The second-order valence-corrected chi connectivity index (χ2v) is 3.93. The lowest BCUT2D eigenvalue weighted by atomic mass is 10.2. The van der Waals surface area contributed by atoms with Crippen molar-refractivity contribution < 1.29 is 9.47 Å². The summed E-state index contributed by atoms with van der Waals surface area (Å²) in [5.41, 5.74) is 3.77. The van der Waals surface area contributed by atoms with Crippen molar-refractivity contribution in [1.29, 1.82) is 0 Å². The van der Waals surface area contributed by atoms with E-state index in [1.807, 2.05) is 43.3 Å². The molecule has 1 heterocycles. The molecule has 0 saturated heterocycles. The quantitative estimate of drug-likeness (QED) is 0.648. The lowest BCUT2D eigenvalue weighted by molar-refractivity contribution is 0.311. The van der Waals surface area contributed by atoms with Crippen LogP contribution >= 0.6 is 0 Å². The zero-order chi connectivity index (χ0) is 14.2. The number of anilines is 1. The minimum Gasteiger partial charge on any atom is -0.493 e. The molecule has 0 radical (unpaired) electrons. The molecule has 5 heteroatoms. The van der Waals surface area contributed by atoms with Crippen LogP contribution in [-0.4, -0.2) is 24.9 Å². The molecule has 1 N–H and O–H groups in total. The third kappa shape index (κ3) is 3.71. The number of ether oxygens (including phenoxy) is 2. The number of methoxy groups -OCH3 is 1. The second kappa shape index (κ2) is 7.13. The Morgan fingerprint density at radius 1 is 1.25 bits per heavy atom. The van der Waals surface area contributed by atoms with Gasteiger partial charge in [0.2, 0.25) is 0 Å². The number of hydrogen-bond acceptors (Lipinski definition) is 5. The molecule has 0 aliphatic rings. The highest BCUT2D eigenvalue weighted by molar-refractivity contribution is 5.81. The summed E-state index contributed by atoms with van der Waals surface area (Å²) in [5.74, 6) is 2.11. The van der Waals surface area contributed by atoms with Crippen LogP contribution in [0.15, 0.2) is 47.7 Å². The van der Waals surface area contributed by atoms with Gasteiger partial charge in [0.25, 0.3) is 0 Å². The fourth-order valence-electron chi connectivity index (χ4n) is 1.64. The largest absolute Gasteiger partial charge is 0.493 e. The summed E-state index contributed by atoms with van der Waals surface area (Å²) in [4.78, 5) is 4.11. The predicted molar refractivity (Wildman–Crippen MR) is 79.6 cm³/mol. The van der Waals surface area contributed by atoms with E-state index in [1.54, 1.807) is 19.5 Å². The molecule has 5 nitrogen and oxygen atoms in total. The molecule has 0 aliphatic heterocycles. The van der Waals surface area contributed by atoms with E-state index < -0.39 is 0 Å². The Balaban J connectivity index is 2.07. The van der Waals surface area contributed by atoms with E-state index in [2.05, 4.69) is 15.5 Å². The van der Waals surface area contributed by atoms with Gasteiger partial charge >= 0.3 is 0 Å². The molecule has 1 aromatic carbocycles. The number of hydrazone groups is 1. The summed E-state index contributed by atoms with van der Waals surface area (Å²) in [6.07, 6.45) is 3.41. The van der Waals surface area contributed by atoms with Crippen LogP contribution in [-0.2, 0) is 0 Å². The van der Waals surface area contributed by atoms with Gasteiger partial charge in [-0.25, -0.2) is 4.98 Å². The van der Waals surface area contributed by atoms with Crippen LogP contribution in [0.4, 0.5) is 5.82 Å². The van der Waals surface area contributed by atoms with Crippen molar-refractivity contribution in [1.82, 2.24) is 4.98 Å². The standard InChI is InChI=1S/C15H17N3O2/c1-3-20-14-10-12(7-8-13(14)19-2)11-17-18-15-6-4-5-9-16-15/h4-11H,3H2,1-2H3,(H,16,18). The SMILES string of the molecule is CCOc1cc(C=NNc2ccccn2)ccc1OC. The Morgan fingerprint density at radius 2 is 2.15 bits per heavy atom. The van der Waals surface area contributed by atoms with Gasteiger partial charge in [0.15, 0.2) is 11.5 Å². The topological polar surface area (TPSA) is 55.7 Å². The van der Waals surface area contributed by atoms with Gasteiger partial charge in [-0.2, -0.15) is 5.10 Å². The highest BCUT2D eigenvalue weighted by atomic mass is 16.5. The van der Waals surface area contributed by atoms with E-state index in [1.165, 1.54) is 0 Å². The van der Waals surface area contributed by atoms with E-state index in [-0.39, 0.29) is 0 Å². The molecule has 0 unspecified atom stereocenters. The van der Waals surface area contributed by atoms with Crippen molar-refractivity contribution in [2.24, 2.45) is 5.10 Å². The van der Waals surface area contributed by atoms with Gasteiger partial charge < -0.3 is 9.47 Å². The zero-order valence-electron chi connectivity index (χ0n) is 11.5. The maximum Gasteiger partial charge on any atom is 0.161 e. The molecular weight excluding hydrogens is 254 g/mol. The maximum absolute atomic E-state index is 5.51. The van der Waals surface area contributed by atoms with E-state index >= 15 is 0 Å². The van der Waals surface area contributed by atoms with E-state index in [0.717, 1.165) is 5.56 Å². The Kier molecular flexibility index (Phi) is 4.94. The molecule has 0 fully saturated rings. The highest BCUT2D eigenvalue weighted by Gasteiger charge is 2.03. The average Bonchev–Trinajstić information content (AvgIpc) is 2.49. The van der Waals surface area contributed by atoms with Crippen molar-refractivity contribution in [2.45, 2.75) is 6.92 Å². The third-order valence-corrected chi connectivity index (χ3v) is 2.55. The molecule has 0 atom stereocenters. The molecule has 0 spiro atoms. The summed E-state index contributed by atoms with van der Waals surface area (Å²) in [6, 6.07) is 11.2. The third-order valence-electron chi connectivity index (χ3n) is 2.55. The van der Waals surface area contributed by atoms with Crippen molar-refractivity contribution in [3.63, 3.8) is 0 Å². The van der Waals surface area contributed by atoms with Crippen LogP contribution in [0.1, 0.15) is 12.5 Å². The minimum absolute atomic E-state index is 0.586. The molecule has 20 heavy (non-hydrogen) atoms. The van der Waals surface area contributed by atoms with Crippen molar-refractivity contribution in [3.05, 3.63) is 48.2 Å². The number of nitrogens with zero attached hydrogens (tertiary/aromatic N) is 2. The number of benzene rings is 1. The fraction of sp³-hybridized carbons (Fsp3) is 0.200. The van der Waals surface area contributed by atoms with Crippen LogP contribution in [0.25, 0.3) is 0 Å². The molecule has 2 rings (SSSR count). The van der Waals surface area contributed by atoms with Gasteiger partial charge in [0, 0.05) is 6.20 Å². The molecule has 0 saturated carbocycles. The first kappa shape index (κ1) is 13.9. The lowest BCUT2D eigenvalue weighted by Gasteiger charge is -2.09. The van der Waals surface area contributed by atoms with Gasteiger partial charge in [0.1, 0.15) is 5.82 Å². The van der Waals surface area contributed by atoms with Crippen LogP contribution in [0.5, 0.6) is 11.5 Å². The summed E-state index contributed by atoms with van der Waals surface area (Å²) in [6.45, 7) is 2.52. The smallest absolute Gasteiger partial charge is 0.161 e. The Labute approximate surface area is 118 Å². The summed E-state index contributed by atoms with van der Waals surface area (Å²) in [7, 11) is 1.62. The normalized spacial score (nSPS) is 10.5. The Morgan fingerprint density at radius 3 is 2.85 bits per heavy atom. The molecule has 0 bridgehead atoms. The van der Waals surface area contributed by atoms with Gasteiger partial charge in [-0.05, 0) is 42.8 Å². The molecule has 0 amide bonds. The lowest BCUT2D eigenvalue weighted by Crippen LogP contribution is -1.97. The van der Waals surface area contributed by atoms with E-state index in [4.69, 9.17) is 9.47 Å². The van der Waals surface area contributed by atoms with Crippen molar-refractivity contribution in [2.75, 3.05) is 19.1 Å². The van der Waals surface area contributed by atoms with Gasteiger partial charge in [-0.3, -0.25) is 5.43 Å². The molecule has 1 aromatic heterocycles. The monoisotopic (exact) mass is 271 g/mol. The first-order chi connectivity index (χ1) is 9.83. The van der Waals surface area contributed by atoms with Crippen LogP contribution in [0.3, 0.4) is 0 Å². The van der Waals surface area contributed by atoms with Gasteiger partial charge in [-0.1, -0.05) is 6.07 Å². The second-order valence-electron chi connectivity index (χ2n) is 3.93. The Bertz CT molecular complexity index is 571. The molecule has 0 aliphatic carbocycles. The summed E-state index contributed by atoms with van der Waals surface area (Å²) in [5, 5.41) is 4.13. The number of pyridine rings is 1. The van der Waals surface area contributed by atoms with E-state index in [0.29, 0.717) is 23.9 Å². The highest BCUT2D eigenvalue weighted by Crippen LogP contribution is 2.27. The van der Waals surface area contributed by atoms with Gasteiger partial charge in [0.05, 0.1) is 19.9 Å². The van der Waals surface area contributed by atoms with Crippen LogP contribution in [0, 0.1) is 0 Å². The van der Waals surface area contributed by atoms with Crippen molar-refractivity contribution in [3.8, 4) is 11.5 Å². The average molecular weight is 271 g/mol. The van der Waals surface area contributed by atoms with Gasteiger partial charge in [-0.15, -0.1) is 0 Å². The zero-order valence-corrected chi connectivity index (χ0v) is 11.5. The number of nitrogens with one attached hydrogen (secondary N) is 1. The summed E-state index contributed by atoms with van der Waals surface area (Å²) >= 11 is 0.